The third-order valence-electron chi connectivity index (χ3n) is 5.38. The van der Waals surface area contributed by atoms with Crippen LogP contribution in [0, 0.1) is 5.82 Å². The molecule has 196 valence electrons. The number of hydrogen-bond donors (Lipinski definition) is 2. The van der Waals surface area contributed by atoms with E-state index in [-0.39, 0.29) is 23.7 Å². The Kier molecular flexibility index (Phi) is 9.25. The first-order valence-corrected chi connectivity index (χ1v) is 13.6. The molecule has 0 fully saturated rings. The number of amides is 3. The average Bonchev–Trinajstić information content (AvgIpc) is 2.83. The van der Waals surface area contributed by atoms with Crippen LogP contribution in [0.2, 0.25) is 5.02 Å². The highest BCUT2D eigenvalue weighted by atomic mass is 35.5. The molecule has 3 rings (SSSR count). The number of nitrogens with one attached hydrogen (secondary N) is 2. The summed E-state index contributed by atoms with van der Waals surface area (Å²) in [6, 6.07) is 16.4. The van der Waals surface area contributed by atoms with Crippen molar-refractivity contribution in [3.63, 3.8) is 0 Å². The zero-order valence-electron chi connectivity index (χ0n) is 20.7. The van der Waals surface area contributed by atoms with E-state index in [1.54, 1.807) is 42.5 Å². The van der Waals surface area contributed by atoms with Crippen LogP contribution < -0.4 is 10.6 Å². The Morgan fingerprint density at radius 2 is 1.62 bits per heavy atom. The quantitative estimate of drug-likeness (QED) is 0.409. The summed E-state index contributed by atoms with van der Waals surface area (Å²) in [5.41, 5.74) is 1.14. The fourth-order valence-corrected chi connectivity index (χ4v) is 4.52. The maximum Gasteiger partial charge on any atom is 0.322 e. The van der Waals surface area contributed by atoms with Crippen molar-refractivity contribution in [3.05, 3.63) is 77.6 Å². The molecule has 0 heterocycles. The van der Waals surface area contributed by atoms with Gasteiger partial charge in [0.05, 0.1) is 10.6 Å². The molecule has 0 aliphatic rings. The summed E-state index contributed by atoms with van der Waals surface area (Å²) in [6.45, 7) is 0.443. The van der Waals surface area contributed by atoms with Gasteiger partial charge in [0.2, 0.25) is 5.91 Å². The van der Waals surface area contributed by atoms with E-state index < -0.39 is 27.6 Å². The number of nitrogens with zero attached hydrogens (tertiary/aromatic N) is 2. The van der Waals surface area contributed by atoms with Gasteiger partial charge in [-0.3, -0.25) is 4.79 Å². The van der Waals surface area contributed by atoms with Gasteiger partial charge in [0, 0.05) is 35.6 Å². The zero-order chi connectivity index (χ0) is 27.2. The number of anilines is 2. The molecule has 0 aliphatic carbocycles. The van der Waals surface area contributed by atoms with Crippen LogP contribution in [0.1, 0.15) is 0 Å². The Morgan fingerprint density at radius 1 is 0.946 bits per heavy atom. The molecule has 11 heteroatoms. The fraction of sp³-hybridized carbons (Fsp3) is 0.231. The number of hydrogen-bond acceptors (Lipinski definition) is 5. The van der Waals surface area contributed by atoms with Crippen molar-refractivity contribution in [1.29, 1.82) is 0 Å². The van der Waals surface area contributed by atoms with Gasteiger partial charge in [0.15, 0.2) is 9.84 Å². The van der Waals surface area contributed by atoms with Crippen molar-refractivity contribution in [3.8, 4) is 11.1 Å². The number of carbonyl (C=O) groups is 2. The Hall–Kier alpha value is -3.47. The zero-order valence-corrected chi connectivity index (χ0v) is 22.2. The van der Waals surface area contributed by atoms with E-state index in [4.69, 9.17) is 11.6 Å². The van der Waals surface area contributed by atoms with Gasteiger partial charge in [-0.15, -0.1) is 0 Å². The van der Waals surface area contributed by atoms with Crippen molar-refractivity contribution in [2.75, 3.05) is 50.6 Å². The molecule has 3 aromatic rings. The van der Waals surface area contributed by atoms with Gasteiger partial charge in [-0.2, -0.15) is 0 Å². The highest BCUT2D eigenvalue weighted by Gasteiger charge is 2.20. The summed E-state index contributed by atoms with van der Waals surface area (Å²) in [5, 5.41) is 5.74. The van der Waals surface area contributed by atoms with Crippen LogP contribution in [0.3, 0.4) is 0 Å². The molecular formula is C26H28ClFN4O4S. The normalized spacial score (nSPS) is 11.3. The molecule has 0 unspecified atom stereocenters. The molecule has 0 saturated carbocycles. The number of rotatable bonds is 9. The molecule has 0 spiro atoms. The van der Waals surface area contributed by atoms with Crippen LogP contribution in [0.25, 0.3) is 11.1 Å². The monoisotopic (exact) mass is 546 g/mol. The smallest absolute Gasteiger partial charge is 0.322 e. The number of sulfone groups is 1. The molecule has 0 aliphatic heterocycles. The third kappa shape index (κ3) is 8.01. The van der Waals surface area contributed by atoms with Crippen LogP contribution in [0.4, 0.5) is 20.6 Å². The highest BCUT2D eigenvalue weighted by molar-refractivity contribution is 7.90. The Labute approximate surface area is 221 Å². The highest BCUT2D eigenvalue weighted by Crippen LogP contribution is 2.29. The Morgan fingerprint density at radius 3 is 2.24 bits per heavy atom. The second kappa shape index (κ2) is 12.2. The van der Waals surface area contributed by atoms with E-state index in [0.717, 1.165) is 12.3 Å². The molecule has 3 aromatic carbocycles. The maximum atomic E-state index is 14.9. The number of benzene rings is 3. The van der Waals surface area contributed by atoms with Gasteiger partial charge >= 0.3 is 6.03 Å². The van der Waals surface area contributed by atoms with Gasteiger partial charge in [-0.05, 0) is 62.1 Å². The fourth-order valence-electron chi connectivity index (χ4n) is 3.48. The van der Waals surface area contributed by atoms with Crippen LogP contribution in [0.15, 0.2) is 71.6 Å². The molecule has 0 aromatic heterocycles. The summed E-state index contributed by atoms with van der Waals surface area (Å²) >= 11 is 5.89. The number of carbonyl (C=O) groups excluding carboxylic acids is 2. The molecule has 0 saturated heterocycles. The van der Waals surface area contributed by atoms with Crippen molar-refractivity contribution >= 4 is 44.8 Å². The van der Waals surface area contributed by atoms with Gasteiger partial charge in [0.25, 0.3) is 0 Å². The van der Waals surface area contributed by atoms with Gasteiger partial charge < -0.3 is 20.4 Å². The van der Waals surface area contributed by atoms with E-state index in [1.807, 2.05) is 19.0 Å². The van der Waals surface area contributed by atoms with Crippen LogP contribution >= 0.6 is 11.6 Å². The second-order valence-corrected chi connectivity index (χ2v) is 11.1. The lowest BCUT2D eigenvalue weighted by Gasteiger charge is -2.24. The SMILES string of the molecule is CN(C)CCN(CC(=O)Nc1ccc(-c2ccccc2S(C)(=O)=O)cc1F)C(=O)Nc1ccc(Cl)cc1. The summed E-state index contributed by atoms with van der Waals surface area (Å²) in [7, 11) is 0.156. The summed E-state index contributed by atoms with van der Waals surface area (Å²) in [6.07, 6.45) is 1.09. The van der Waals surface area contributed by atoms with Gasteiger partial charge in [0.1, 0.15) is 12.4 Å². The van der Waals surface area contributed by atoms with Gasteiger partial charge in [-0.25, -0.2) is 17.6 Å². The topological polar surface area (TPSA) is 98.8 Å². The molecule has 0 atom stereocenters. The molecule has 0 bridgehead atoms. The Bertz CT molecular complexity index is 1380. The minimum atomic E-state index is -3.53. The standard InChI is InChI=1S/C26H28ClFN4O4S/c1-31(2)14-15-32(26(34)29-20-11-9-19(27)10-12-20)17-25(33)30-23-13-8-18(16-22(23)28)21-6-4-5-7-24(21)37(3,35)36/h4-13,16H,14-15,17H2,1-3H3,(H,29,34)(H,30,33). The predicted molar refractivity (Wildman–Crippen MR) is 144 cm³/mol. The minimum absolute atomic E-state index is 0.0782. The summed E-state index contributed by atoms with van der Waals surface area (Å²) < 4.78 is 39.1. The van der Waals surface area contributed by atoms with E-state index in [1.165, 1.54) is 23.1 Å². The largest absolute Gasteiger partial charge is 0.322 e. The van der Waals surface area contributed by atoms with E-state index in [0.29, 0.717) is 28.4 Å². The molecule has 8 nitrogen and oxygen atoms in total. The van der Waals surface area contributed by atoms with Crippen LogP contribution in [0.5, 0.6) is 0 Å². The van der Waals surface area contributed by atoms with Crippen molar-refractivity contribution in [2.24, 2.45) is 0 Å². The Balaban J connectivity index is 1.74. The maximum absolute atomic E-state index is 14.9. The summed E-state index contributed by atoms with van der Waals surface area (Å²) in [4.78, 5) is 28.9. The molecule has 3 amide bonds. The number of urea groups is 1. The first kappa shape index (κ1) is 28.1. The van der Waals surface area contributed by atoms with E-state index in [9.17, 15) is 22.4 Å². The number of likely N-dealkylation sites (N-methyl/N-ethyl adjacent to an activating group) is 1. The first-order valence-electron chi connectivity index (χ1n) is 11.3. The number of halogens is 2. The molecule has 0 radical (unpaired) electrons. The van der Waals surface area contributed by atoms with Crippen LogP contribution in [-0.2, 0) is 14.6 Å². The third-order valence-corrected chi connectivity index (χ3v) is 6.78. The predicted octanol–water partition coefficient (Wildman–Crippen LogP) is 4.58. The van der Waals surface area contributed by atoms with Crippen molar-refractivity contribution in [1.82, 2.24) is 9.80 Å². The molecular weight excluding hydrogens is 519 g/mol. The van der Waals surface area contributed by atoms with Crippen LogP contribution in [-0.4, -0.2) is 70.1 Å². The molecule has 37 heavy (non-hydrogen) atoms. The van der Waals surface area contributed by atoms with Crippen molar-refractivity contribution in [2.45, 2.75) is 4.90 Å². The minimum Gasteiger partial charge on any atom is -0.322 e. The van der Waals surface area contributed by atoms with E-state index in [2.05, 4.69) is 10.6 Å². The van der Waals surface area contributed by atoms with Gasteiger partial charge in [-0.1, -0.05) is 35.9 Å². The lowest BCUT2D eigenvalue weighted by atomic mass is 10.0. The van der Waals surface area contributed by atoms with E-state index >= 15 is 0 Å². The molecule has 2 N–H and O–H groups in total. The second-order valence-electron chi connectivity index (χ2n) is 8.67. The first-order chi connectivity index (χ1) is 17.4. The van der Waals surface area contributed by atoms with Crippen molar-refractivity contribution < 1.29 is 22.4 Å². The lowest BCUT2D eigenvalue weighted by Crippen LogP contribution is -2.43. The summed E-state index contributed by atoms with van der Waals surface area (Å²) in [5.74, 6) is -1.33. The lowest BCUT2D eigenvalue weighted by molar-refractivity contribution is -0.116. The average molecular weight is 547 g/mol.